The van der Waals surface area contributed by atoms with Crippen molar-refractivity contribution in [3.63, 3.8) is 0 Å². The molecule has 0 bridgehead atoms. The minimum atomic E-state index is -0.130. The summed E-state index contributed by atoms with van der Waals surface area (Å²) in [6.45, 7) is 4.65. The molecule has 0 saturated carbocycles. The molecular formula is C55H38N2O. The SMILES string of the molecule is CC1(C)c2ccccc2-c2ccc(-c3cc(-c4cc(-c5cccc(-c6ccccc6)c5)cc(-c5cccc6c5oc5ccccc56)c4)nc(-c4ccccc4)n3)cc21. The molecule has 3 nitrogen and oxygen atoms in total. The van der Waals surface area contributed by atoms with E-state index in [1.807, 2.05) is 30.3 Å². The maximum absolute atomic E-state index is 6.61. The maximum Gasteiger partial charge on any atom is 0.160 e. The average Bonchev–Trinajstić information content (AvgIpc) is 3.78. The van der Waals surface area contributed by atoms with Gasteiger partial charge in [-0.3, -0.25) is 0 Å². The summed E-state index contributed by atoms with van der Waals surface area (Å²) >= 11 is 0. The van der Waals surface area contributed by atoms with E-state index in [9.17, 15) is 0 Å². The Balaban J connectivity index is 1.13. The number of rotatable bonds is 6. The second-order valence-electron chi connectivity index (χ2n) is 15.8. The lowest BCUT2D eigenvalue weighted by Gasteiger charge is -2.22. The molecule has 8 aromatic carbocycles. The molecule has 2 heterocycles. The highest BCUT2D eigenvalue weighted by Crippen LogP contribution is 2.49. The van der Waals surface area contributed by atoms with Crippen LogP contribution in [0.5, 0.6) is 0 Å². The van der Waals surface area contributed by atoms with E-state index in [1.54, 1.807) is 0 Å². The molecule has 0 aliphatic heterocycles. The van der Waals surface area contributed by atoms with Gasteiger partial charge < -0.3 is 4.42 Å². The second-order valence-corrected chi connectivity index (χ2v) is 15.8. The van der Waals surface area contributed by atoms with Crippen molar-refractivity contribution in [3.05, 3.63) is 205 Å². The number of para-hydroxylation sites is 2. The summed E-state index contributed by atoms with van der Waals surface area (Å²) in [6.07, 6.45) is 0. The quantitative estimate of drug-likeness (QED) is 0.170. The van der Waals surface area contributed by atoms with Crippen LogP contribution in [0, 0.1) is 0 Å². The van der Waals surface area contributed by atoms with E-state index >= 15 is 0 Å². The smallest absolute Gasteiger partial charge is 0.160 e. The van der Waals surface area contributed by atoms with Crippen LogP contribution in [0.15, 0.2) is 199 Å². The molecule has 1 aliphatic carbocycles. The fourth-order valence-electron chi connectivity index (χ4n) is 8.90. The molecule has 11 rings (SSSR count). The Bertz CT molecular complexity index is 3190. The van der Waals surface area contributed by atoms with Crippen molar-refractivity contribution in [1.29, 1.82) is 0 Å². The Morgan fingerprint density at radius 1 is 0.362 bits per heavy atom. The zero-order valence-electron chi connectivity index (χ0n) is 32.3. The summed E-state index contributed by atoms with van der Waals surface area (Å²) in [4.78, 5) is 10.6. The molecule has 0 radical (unpaired) electrons. The second kappa shape index (κ2) is 13.4. The predicted molar refractivity (Wildman–Crippen MR) is 239 cm³/mol. The Kier molecular flexibility index (Phi) is 7.84. The van der Waals surface area contributed by atoms with Crippen molar-refractivity contribution >= 4 is 21.9 Å². The van der Waals surface area contributed by atoms with E-state index in [1.165, 1.54) is 33.4 Å². The van der Waals surface area contributed by atoms with Crippen molar-refractivity contribution in [2.45, 2.75) is 19.3 Å². The van der Waals surface area contributed by atoms with E-state index in [4.69, 9.17) is 14.4 Å². The summed E-state index contributed by atoms with van der Waals surface area (Å²) in [5, 5.41) is 2.21. The standard InChI is InChI=1S/C55H38N2O/c1-55(2)48-25-11-9-21-44(48)45-28-27-39(33-49(45)55)50-34-51(57-54(56-50)36-17-7-4-8-18-36)42-31-40(38-20-13-19-37(29-38)35-15-5-3-6-16-35)30-41(32-42)43-23-14-24-47-46-22-10-12-26-52(46)58-53(43)47/h3-34H,1-2H3. The molecule has 0 N–H and O–H groups in total. The maximum atomic E-state index is 6.61. The summed E-state index contributed by atoms with van der Waals surface area (Å²) in [5.41, 5.74) is 18.3. The first-order valence-electron chi connectivity index (χ1n) is 19.9. The molecule has 0 fully saturated rings. The van der Waals surface area contributed by atoms with E-state index in [2.05, 4.69) is 178 Å². The molecule has 0 saturated heterocycles. The third kappa shape index (κ3) is 5.66. The van der Waals surface area contributed by atoms with Gasteiger partial charge >= 0.3 is 0 Å². The molecule has 1 aliphatic rings. The first-order chi connectivity index (χ1) is 28.5. The molecule has 3 heteroatoms. The molecule has 58 heavy (non-hydrogen) atoms. The van der Waals surface area contributed by atoms with E-state index in [-0.39, 0.29) is 5.41 Å². The summed E-state index contributed by atoms with van der Waals surface area (Å²) in [6, 6.07) is 69.0. The number of hydrogen-bond donors (Lipinski definition) is 0. The summed E-state index contributed by atoms with van der Waals surface area (Å²) in [5.74, 6) is 0.688. The third-order valence-electron chi connectivity index (χ3n) is 11.9. The van der Waals surface area contributed by atoms with Crippen molar-refractivity contribution in [2.24, 2.45) is 0 Å². The normalized spacial score (nSPS) is 12.8. The van der Waals surface area contributed by atoms with Crippen LogP contribution in [0.2, 0.25) is 0 Å². The largest absolute Gasteiger partial charge is 0.455 e. The molecule has 0 amide bonds. The highest BCUT2D eigenvalue weighted by atomic mass is 16.3. The number of nitrogens with zero attached hydrogens (tertiary/aromatic N) is 2. The van der Waals surface area contributed by atoms with Gasteiger partial charge in [0, 0.05) is 38.4 Å². The first kappa shape index (κ1) is 33.9. The number of furan rings is 1. The lowest BCUT2D eigenvalue weighted by atomic mass is 9.82. The predicted octanol–water partition coefficient (Wildman–Crippen LogP) is 14.7. The van der Waals surface area contributed by atoms with Crippen LogP contribution in [0.4, 0.5) is 0 Å². The fraction of sp³-hybridized carbons (Fsp3) is 0.0545. The van der Waals surface area contributed by atoms with Crippen molar-refractivity contribution in [2.75, 3.05) is 0 Å². The van der Waals surface area contributed by atoms with Crippen molar-refractivity contribution in [3.8, 4) is 78.4 Å². The Morgan fingerprint density at radius 2 is 0.931 bits per heavy atom. The van der Waals surface area contributed by atoms with Gasteiger partial charge in [0.1, 0.15) is 11.2 Å². The first-order valence-corrected chi connectivity index (χ1v) is 19.9. The van der Waals surface area contributed by atoms with Crippen LogP contribution in [0.3, 0.4) is 0 Å². The molecule has 10 aromatic rings. The highest BCUT2D eigenvalue weighted by Gasteiger charge is 2.35. The lowest BCUT2D eigenvalue weighted by Crippen LogP contribution is -2.14. The summed E-state index contributed by atoms with van der Waals surface area (Å²) < 4.78 is 6.61. The zero-order chi connectivity index (χ0) is 38.8. The van der Waals surface area contributed by atoms with Gasteiger partial charge in [-0.25, -0.2) is 9.97 Å². The number of hydrogen-bond acceptors (Lipinski definition) is 3. The molecule has 0 unspecified atom stereocenters. The Morgan fingerprint density at radius 3 is 1.76 bits per heavy atom. The highest BCUT2D eigenvalue weighted by molar-refractivity contribution is 6.10. The molecule has 2 aromatic heterocycles. The number of aromatic nitrogens is 2. The van der Waals surface area contributed by atoms with Crippen LogP contribution in [0.25, 0.3) is 100 Å². The Labute approximate surface area is 338 Å². The monoisotopic (exact) mass is 742 g/mol. The van der Waals surface area contributed by atoms with E-state index < -0.39 is 0 Å². The number of benzene rings is 8. The minimum Gasteiger partial charge on any atom is -0.455 e. The molecule has 0 atom stereocenters. The molecule has 274 valence electrons. The van der Waals surface area contributed by atoms with Gasteiger partial charge in [0.2, 0.25) is 0 Å². The minimum absolute atomic E-state index is 0.130. The average molecular weight is 743 g/mol. The van der Waals surface area contributed by atoms with E-state index in [0.29, 0.717) is 5.82 Å². The molecule has 0 spiro atoms. The van der Waals surface area contributed by atoms with Crippen LogP contribution < -0.4 is 0 Å². The van der Waals surface area contributed by atoms with Crippen molar-refractivity contribution < 1.29 is 4.42 Å². The van der Waals surface area contributed by atoms with Gasteiger partial charge in [-0.1, -0.05) is 166 Å². The van der Waals surface area contributed by atoms with Crippen LogP contribution in [-0.2, 0) is 5.41 Å². The Hall–Kier alpha value is -7.36. The topological polar surface area (TPSA) is 38.9 Å². The lowest BCUT2D eigenvalue weighted by molar-refractivity contribution is 0.660. The van der Waals surface area contributed by atoms with Gasteiger partial charge in [0.05, 0.1) is 11.4 Å². The fourth-order valence-corrected chi connectivity index (χ4v) is 8.90. The summed E-state index contributed by atoms with van der Waals surface area (Å²) in [7, 11) is 0. The van der Waals surface area contributed by atoms with Gasteiger partial charge in [0.15, 0.2) is 5.82 Å². The third-order valence-corrected chi connectivity index (χ3v) is 11.9. The van der Waals surface area contributed by atoms with Gasteiger partial charge in [-0.15, -0.1) is 0 Å². The molecular weight excluding hydrogens is 705 g/mol. The number of fused-ring (bicyclic) bond motifs is 6. The van der Waals surface area contributed by atoms with Crippen LogP contribution >= 0.6 is 0 Å². The van der Waals surface area contributed by atoms with Gasteiger partial charge in [0.25, 0.3) is 0 Å². The van der Waals surface area contributed by atoms with Gasteiger partial charge in [-0.2, -0.15) is 0 Å². The van der Waals surface area contributed by atoms with Crippen LogP contribution in [-0.4, -0.2) is 9.97 Å². The van der Waals surface area contributed by atoms with Crippen molar-refractivity contribution in [1.82, 2.24) is 9.97 Å². The van der Waals surface area contributed by atoms with Gasteiger partial charge in [-0.05, 0) is 92.5 Å². The van der Waals surface area contributed by atoms with E-state index in [0.717, 1.165) is 72.3 Å². The zero-order valence-corrected chi connectivity index (χ0v) is 32.3. The van der Waals surface area contributed by atoms with Crippen LogP contribution in [0.1, 0.15) is 25.0 Å².